The van der Waals surface area contributed by atoms with Crippen LogP contribution < -0.4 is 4.90 Å². The number of nitrogens with zero attached hydrogens (tertiary/aromatic N) is 1. The summed E-state index contributed by atoms with van der Waals surface area (Å²) in [6, 6.07) is 9.71. The molecule has 94 valence electrons. The number of hydrogen-bond acceptors (Lipinski definition) is 1. The lowest BCUT2D eigenvalue weighted by atomic mass is 9.84. The van der Waals surface area contributed by atoms with Crippen molar-refractivity contribution in [3.63, 3.8) is 0 Å². The van der Waals surface area contributed by atoms with Gasteiger partial charge in [-0.15, -0.1) is 0 Å². The number of carbonyl (C=O) groups excluding carboxylic acids is 1. The van der Waals surface area contributed by atoms with E-state index in [2.05, 4.69) is 20.8 Å². The van der Waals surface area contributed by atoms with E-state index in [1.54, 1.807) is 4.90 Å². The number of para-hydroxylation sites is 1. The molecule has 0 bridgehead atoms. The Hall–Kier alpha value is -1.83. The molecule has 0 atom stereocenters. The van der Waals surface area contributed by atoms with Gasteiger partial charge in [0.15, 0.2) is 0 Å². The molecule has 1 aromatic rings. The average molecular weight is 241 g/mol. The molecular weight excluding hydrogens is 222 g/mol. The van der Waals surface area contributed by atoms with Crippen molar-refractivity contribution in [3.8, 4) is 0 Å². The van der Waals surface area contributed by atoms with Gasteiger partial charge in [-0.05, 0) is 30.5 Å². The Morgan fingerprint density at radius 2 is 1.72 bits per heavy atom. The molecule has 1 aliphatic heterocycles. The summed E-state index contributed by atoms with van der Waals surface area (Å²) < 4.78 is 0. The SMILES string of the molecule is C/C(=C1/C=CN(c2ccccc2)C1=O)C(C)(C)C. The summed E-state index contributed by atoms with van der Waals surface area (Å²) in [5, 5.41) is 0. The number of amides is 1. The van der Waals surface area contributed by atoms with Gasteiger partial charge in [-0.1, -0.05) is 44.5 Å². The monoisotopic (exact) mass is 241 g/mol. The maximum atomic E-state index is 12.4. The molecule has 0 spiro atoms. The molecule has 0 radical (unpaired) electrons. The fraction of sp³-hybridized carbons (Fsp3) is 0.312. The van der Waals surface area contributed by atoms with E-state index in [9.17, 15) is 4.79 Å². The quantitative estimate of drug-likeness (QED) is 0.683. The summed E-state index contributed by atoms with van der Waals surface area (Å²) >= 11 is 0. The first-order chi connectivity index (χ1) is 8.41. The van der Waals surface area contributed by atoms with Gasteiger partial charge in [-0.3, -0.25) is 9.69 Å². The Balaban J connectivity index is 2.35. The first-order valence-electron chi connectivity index (χ1n) is 6.19. The minimum atomic E-state index is 0.0159. The highest BCUT2D eigenvalue weighted by molar-refractivity contribution is 6.12. The van der Waals surface area contributed by atoms with Crippen molar-refractivity contribution in [2.24, 2.45) is 5.41 Å². The van der Waals surface area contributed by atoms with E-state index in [0.29, 0.717) is 0 Å². The lowest BCUT2D eigenvalue weighted by molar-refractivity contribution is -0.114. The van der Waals surface area contributed by atoms with Gasteiger partial charge in [-0.2, -0.15) is 0 Å². The molecule has 1 aromatic carbocycles. The second-order valence-electron chi connectivity index (χ2n) is 5.62. The van der Waals surface area contributed by atoms with Crippen molar-refractivity contribution in [1.29, 1.82) is 0 Å². The molecule has 1 amide bonds. The summed E-state index contributed by atoms with van der Waals surface area (Å²) in [5.41, 5.74) is 2.87. The molecule has 0 saturated carbocycles. The number of carbonyl (C=O) groups is 1. The Morgan fingerprint density at radius 1 is 1.11 bits per heavy atom. The van der Waals surface area contributed by atoms with Crippen LogP contribution in [0.5, 0.6) is 0 Å². The van der Waals surface area contributed by atoms with Crippen LogP contribution in [0.25, 0.3) is 0 Å². The lowest BCUT2D eigenvalue weighted by Crippen LogP contribution is -2.23. The highest BCUT2D eigenvalue weighted by Gasteiger charge is 2.27. The molecule has 2 heteroatoms. The first-order valence-corrected chi connectivity index (χ1v) is 6.19. The topological polar surface area (TPSA) is 20.3 Å². The third-order valence-corrected chi connectivity index (χ3v) is 3.40. The predicted octanol–water partition coefficient (Wildman–Crippen LogP) is 3.91. The molecule has 0 N–H and O–H groups in total. The normalized spacial score (nSPS) is 18.4. The van der Waals surface area contributed by atoms with E-state index < -0.39 is 0 Å². The van der Waals surface area contributed by atoms with Crippen molar-refractivity contribution in [1.82, 2.24) is 0 Å². The van der Waals surface area contributed by atoms with Crippen LogP contribution in [0.2, 0.25) is 0 Å². The molecule has 0 saturated heterocycles. The van der Waals surface area contributed by atoms with Gasteiger partial charge in [0, 0.05) is 17.5 Å². The zero-order valence-electron chi connectivity index (χ0n) is 11.4. The van der Waals surface area contributed by atoms with Gasteiger partial charge >= 0.3 is 0 Å². The molecule has 2 rings (SSSR count). The number of anilines is 1. The van der Waals surface area contributed by atoms with Crippen LogP contribution in [0.1, 0.15) is 27.7 Å². The number of allylic oxidation sites excluding steroid dienone is 1. The van der Waals surface area contributed by atoms with Crippen molar-refractivity contribution in [2.45, 2.75) is 27.7 Å². The fourth-order valence-corrected chi connectivity index (χ4v) is 1.90. The van der Waals surface area contributed by atoms with E-state index in [-0.39, 0.29) is 11.3 Å². The van der Waals surface area contributed by atoms with Crippen LogP contribution in [0, 0.1) is 5.41 Å². The zero-order valence-corrected chi connectivity index (χ0v) is 11.4. The molecule has 2 nitrogen and oxygen atoms in total. The maximum Gasteiger partial charge on any atom is 0.262 e. The predicted molar refractivity (Wildman–Crippen MR) is 75.2 cm³/mol. The van der Waals surface area contributed by atoms with Gasteiger partial charge in [0.2, 0.25) is 0 Å². The summed E-state index contributed by atoms with van der Waals surface area (Å²) in [5.74, 6) is 0.0635. The third kappa shape index (κ3) is 2.23. The first kappa shape index (κ1) is 12.6. The lowest BCUT2D eigenvalue weighted by Gasteiger charge is -2.22. The van der Waals surface area contributed by atoms with E-state index in [4.69, 9.17) is 0 Å². The molecule has 1 aliphatic rings. The number of benzene rings is 1. The van der Waals surface area contributed by atoms with E-state index >= 15 is 0 Å². The van der Waals surface area contributed by atoms with Gasteiger partial charge in [0.25, 0.3) is 5.91 Å². The van der Waals surface area contributed by atoms with Crippen LogP contribution >= 0.6 is 0 Å². The second kappa shape index (κ2) is 4.45. The molecule has 0 fully saturated rings. The van der Waals surface area contributed by atoms with Gasteiger partial charge in [0.05, 0.1) is 0 Å². The molecule has 0 aromatic heterocycles. The Morgan fingerprint density at radius 3 is 2.28 bits per heavy atom. The van der Waals surface area contributed by atoms with E-state index in [0.717, 1.165) is 16.8 Å². The highest BCUT2D eigenvalue weighted by atomic mass is 16.2. The molecule has 18 heavy (non-hydrogen) atoms. The summed E-state index contributed by atoms with van der Waals surface area (Å²) in [4.78, 5) is 14.1. The fourth-order valence-electron chi connectivity index (χ4n) is 1.90. The van der Waals surface area contributed by atoms with Gasteiger partial charge < -0.3 is 0 Å². The standard InChI is InChI=1S/C16H19NO/c1-12(16(2,3)4)14-10-11-17(15(14)18)13-8-6-5-7-9-13/h5-11H,1-4H3/b14-12+. The van der Waals surface area contributed by atoms with Crippen molar-refractivity contribution in [2.75, 3.05) is 4.90 Å². The number of rotatable bonds is 1. The van der Waals surface area contributed by atoms with Gasteiger partial charge in [-0.25, -0.2) is 0 Å². The minimum absolute atomic E-state index is 0.0159. The average Bonchev–Trinajstić information content (AvgIpc) is 2.70. The summed E-state index contributed by atoms with van der Waals surface area (Å²) in [6.07, 6.45) is 3.76. The molecule has 1 heterocycles. The largest absolute Gasteiger partial charge is 0.284 e. The highest BCUT2D eigenvalue weighted by Crippen LogP contribution is 2.32. The second-order valence-corrected chi connectivity index (χ2v) is 5.62. The summed E-state index contributed by atoms with van der Waals surface area (Å²) in [6.45, 7) is 8.41. The van der Waals surface area contributed by atoms with Crippen LogP contribution in [0.4, 0.5) is 5.69 Å². The zero-order chi connectivity index (χ0) is 13.3. The smallest absolute Gasteiger partial charge is 0.262 e. The van der Waals surface area contributed by atoms with Crippen molar-refractivity contribution >= 4 is 11.6 Å². The molecular formula is C16H19NO. The Labute approximate surface area is 109 Å². The molecule has 0 unspecified atom stereocenters. The minimum Gasteiger partial charge on any atom is -0.284 e. The van der Waals surface area contributed by atoms with Crippen molar-refractivity contribution < 1.29 is 4.79 Å². The van der Waals surface area contributed by atoms with Gasteiger partial charge in [0.1, 0.15) is 0 Å². The van der Waals surface area contributed by atoms with Crippen molar-refractivity contribution in [3.05, 3.63) is 53.8 Å². The Kier molecular flexibility index (Phi) is 3.12. The molecule has 0 aliphatic carbocycles. The van der Waals surface area contributed by atoms with Crippen LogP contribution in [0.3, 0.4) is 0 Å². The van der Waals surface area contributed by atoms with E-state index in [1.807, 2.05) is 49.5 Å². The number of hydrogen-bond donors (Lipinski definition) is 0. The third-order valence-electron chi connectivity index (χ3n) is 3.40. The van der Waals surface area contributed by atoms with E-state index in [1.165, 1.54) is 0 Å². The van der Waals surface area contributed by atoms with Crippen LogP contribution in [-0.4, -0.2) is 5.91 Å². The summed E-state index contributed by atoms with van der Waals surface area (Å²) in [7, 11) is 0. The maximum absolute atomic E-state index is 12.4. The van der Waals surface area contributed by atoms with Crippen LogP contribution in [0.15, 0.2) is 53.8 Å². The van der Waals surface area contributed by atoms with Crippen LogP contribution in [-0.2, 0) is 4.79 Å². The Bertz CT molecular complexity index is 518.